The minimum Gasteiger partial charge on any atom is -0.592 e. The Bertz CT molecular complexity index is 1630. The van der Waals surface area contributed by atoms with Crippen molar-refractivity contribution >= 4 is 57.3 Å². The van der Waals surface area contributed by atoms with Gasteiger partial charge in [-0.25, -0.2) is 9.78 Å². The maximum Gasteiger partial charge on any atom is 0.519 e. The van der Waals surface area contributed by atoms with Crippen LogP contribution in [-0.2, 0) is 41.0 Å². The van der Waals surface area contributed by atoms with E-state index in [1.165, 1.54) is 35.6 Å². The lowest BCUT2D eigenvalue weighted by Crippen LogP contribution is -2.60. The summed E-state index contributed by atoms with van der Waals surface area (Å²) >= 11 is -0.223. The Labute approximate surface area is 283 Å². The molecule has 254 valence electrons. The van der Waals surface area contributed by atoms with Crippen molar-refractivity contribution < 1.29 is 42.4 Å². The van der Waals surface area contributed by atoms with Crippen molar-refractivity contribution in [3.8, 4) is 0 Å². The topological polar surface area (TPSA) is 172 Å². The van der Waals surface area contributed by atoms with Gasteiger partial charge in [-0.2, -0.15) is 4.31 Å². The third-order valence-corrected chi connectivity index (χ3v) is 13.0. The molecule has 2 saturated heterocycles. The molecule has 2 aromatic rings. The molecule has 47 heavy (non-hydrogen) atoms. The molecule has 5 heterocycles. The van der Waals surface area contributed by atoms with Crippen molar-refractivity contribution in [1.82, 2.24) is 9.29 Å². The van der Waals surface area contributed by atoms with Gasteiger partial charge in [-0.15, -0.1) is 11.3 Å². The maximum atomic E-state index is 14.5. The van der Waals surface area contributed by atoms with Gasteiger partial charge in [0, 0.05) is 18.4 Å². The van der Waals surface area contributed by atoms with E-state index in [1.54, 1.807) is 43.5 Å². The fourth-order valence-corrected chi connectivity index (χ4v) is 9.66. The van der Waals surface area contributed by atoms with Crippen LogP contribution in [0, 0.1) is 6.92 Å². The number of ether oxygens (including phenoxy) is 2. The van der Waals surface area contributed by atoms with Crippen LogP contribution in [0.1, 0.15) is 87.6 Å². The number of thiazole rings is 1. The van der Waals surface area contributed by atoms with Gasteiger partial charge in [0.1, 0.15) is 22.9 Å². The van der Waals surface area contributed by atoms with E-state index in [4.69, 9.17) is 18.3 Å². The van der Waals surface area contributed by atoms with E-state index in [2.05, 4.69) is 4.98 Å². The third kappa shape index (κ3) is 7.61. The lowest BCUT2D eigenvalue weighted by molar-refractivity contribution is -0.181. The molecular weight excluding hydrogens is 669 g/mol. The zero-order valence-corrected chi connectivity index (χ0v) is 29.0. The Hall–Kier alpha value is -2.79. The molecule has 5 rings (SSSR count). The van der Waals surface area contributed by atoms with Crippen LogP contribution in [0.3, 0.4) is 0 Å². The molecule has 1 amide bonds. The Morgan fingerprint density at radius 3 is 2.72 bits per heavy atom. The Kier molecular flexibility index (Phi) is 11.2. The van der Waals surface area contributed by atoms with Gasteiger partial charge in [-0.05, 0) is 71.6 Å². The predicted molar refractivity (Wildman–Crippen MR) is 176 cm³/mol. The summed E-state index contributed by atoms with van der Waals surface area (Å²) in [7, 11) is 0. The SMILES string of the molecule is C/C1=C/[C@@H](O[C@@H]2CCCCO2)C(=O)/C=C\C=C/c2csc(n2)[C@@H](C)N2C(=O)C[C@@]([C@](C)(O)C(=O)SCc3oc(=O)oc3C)(CC1)[S+]2[O-]. The van der Waals surface area contributed by atoms with Crippen LogP contribution in [-0.4, -0.2) is 65.1 Å². The predicted octanol–water partition coefficient (Wildman–Crippen LogP) is 4.69. The van der Waals surface area contributed by atoms with Crippen molar-refractivity contribution in [1.29, 1.82) is 0 Å². The minimum absolute atomic E-state index is 0.0304. The van der Waals surface area contributed by atoms with Crippen LogP contribution in [0.5, 0.6) is 0 Å². The number of nitrogens with zero attached hydrogens (tertiary/aromatic N) is 2. The van der Waals surface area contributed by atoms with Crippen molar-refractivity contribution in [2.75, 3.05) is 6.61 Å². The van der Waals surface area contributed by atoms with Gasteiger partial charge < -0.3 is 28.0 Å². The number of rotatable bonds is 6. The van der Waals surface area contributed by atoms with Gasteiger partial charge in [0.05, 0.1) is 29.2 Å². The number of allylic oxidation sites excluding steroid dienone is 3. The number of carbonyl (C=O) groups excluding carboxylic acids is 3. The van der Waals surface area contributed by atoms with Gasteiger partial charge in [0.2, 0.25) is 5.12 Å². The fraction of sp³-hybridized carbons (Fsp3) is 0.531. The van der Waals surface area contributed by atoms with Gasteiger partial charge in [0.25, 0.3) is 5.91 Å². The number of carbonyl (C=O) groups is 3. The van der Waals surface area contributed by atoms with Gasteiger partial charge in [-0.3, -0.25) is 14.4 Å². The first-order valence-corrected chi connectivity index (χ1v) is 18.3. The van der Waals surface area contributed by atoms with Gasteiger partial charge in [-0.1, -0.05) is 29.5 Å². The zero-order chi connectivity index (χ0) is 33.9. The summed E-state index contributed by atoms with van der Waals surface area (Å²) in [6.07, 6.45) is 8.85. The first kappa shape index (κ1) is 35.5. The molecule has 15 heteroatoms. The lowest BCUT2D eigenvalue weighted by atomic mass is 9.81. The molecule has 2 aromatic heterocycles. The van der Waals surface area contributed by atoms with E-state index < -0.39 is 57.0 Å². The van der Waals surface area contributed by atoms with Crippen LogP contribution in [0.4, 0.5) is 0 Å². The lowest BCUT2D eigenvalue weighted by Gasteiger charge is -2.40. The molecule has 2 fully saturated rings. The molecule has 0 radical (unpaired) electrons. The Morgan fingerprint density at radius 2 is 2.02 bits per heavy atom. The molecule has 3 aliphatic rings. The van der Waals surface area contributed by atoms with E-state index in [0.29, 0.717) is 41.1 Å². The fourth-order valence-electron chi connectivity index (χ4n) is 5.73. The molecular formula is C32H38N2O10S3. The number of aryl methyl sites for hydroxylation is 1. The van der Waals surface area contributed by atoms with Crippen molar-refractivity contribution in [2.45, 2.75) is 101 Å². The molecule has 3 aliphatic heterocycles. The average Bonchev–Trinajstić information content (AvgIpc) is 3.71. The standard InChI is InChI=1S/C32H38N2O10S3/c1-19-12-13-32(31(4,39)29(37)46-18-25-21(3)42-30(38)44-25)16-26(36)34(47(32)40)20(2)28-33-22(17-45-28)9-5-6-10-23(35)24(15-19)43-27-11-7-8-14-41-27/h5-6,9-10,15,17,20,24,27,39H,7-8,11-14,16,18H2,1-4H3/b9-5-,10-6-,19-15-/t20-,24-,27-,31-,32-,47?/m1/s1. The molecule has 0 saturated carbocycles. The largest absolute Gasteiger partial charge is 0.592 e. The zero-order valence-electron chi connectivity index (χ0n) is 26.6. The summed E-state index contributed by atoms with van der Waals surface area (Å²) in [5.74, 6) is -1.49. The van der Waals surface area contributed by atoms with Crippen molar-refractivity contribution in [3.63, 3.8) is 0 Å². The monoisotopic (exact) mass is 706 g/mol. The van der Waals surface area contributed by atoms with E-state index in [-0.39, 0.29) is 42.3 Å². The summed E-state index contributed by atoms with van der Waals surface area (Å²) in [6, 6.07) is -0.712. The van der Waals surface area contributed by atoms with E-state index in [9.17, 15) is 28.8 Å². The molecule has 0 aromatic carbocycles. The first-order chi connectivity index (χ1) is 22.3. The summed E-state index contributed by atoms with van der Waals surface area (Å²) in [6.45, 7) is 6.81. The normalized spacial score (nSPS) is 31.1. The number of fused-ring (bicyclic) bond motifs is 4. The molecule has 12 nitrogen and oxygen atoms in total. The van der Waals surface area contributed by atoms with Crippen LogP contribution in [0.2, 0.25) is 0 Å². The first-order valence-electron chi connectivity index (χ1n) is 15.3. The molecule has 1 N–H and O–H groups in total. The summed E-state index contributed by atoms with van der Waals surface area (Å²) in [5.41, 5.74) is -1.01. The van der Waals surface area contributed by atoms with Gasteiger partial charge >= 0.3 is 5.82 Å². The number of hydrogen-bond acceptors (Lipinski definition) is 13. The van der Waals surface area contributed by atoms with Crippen LogP contribution in [0.25, 0.3) is 6.08 Å². The number of aliphatic hydroxyl groups is 1. The second-order valence-electron chi connectivity index (χ2n) is 12.0. The quantitative estimate of drug-likeness (QED) is 0.325. The smallest absolute Gasteiger partial charge is 0.519 e. The Balaban J connectivity index is 1.51. The van der Waals surface area contributed by atoms with E-state index >= 15 is 0 Å². The van der Waals surface area contributed by atoms with E-state index in [1.807, 2.05) is 0 Å². The van der Waals surface area contributed by atoms with Crippen LogP contribution >= 0.6 is 23.1 Å². The second kappa shape index (κ2) is 14.8. The highest BCUT2D eigenvalue weighted by Gasteiger charge is 2.69. The second-order valence-corrected chi connectivity index (χ2v) is 15.5. The highest BCUT2D eigenvalue weighted by molar-refractivity contribution is 8.13. The summed E-state index contributed by atoms with van der Waals surface area (Å²) in [5, 5.41) is 13.6. The number of thioether (sulfide) groups is 1. The minimum atomic E-state index is -2.27. The summed E-state index contributed by atoms with van der Waals surface area (Å²) < 4.78 is 35.7. The molecule has 1 unspecified atom stereocenters. The molecule has 0 aliphatic carbocycles. The number of aromatic nitrogens is 1. The maximum absolute atomic E-state index is 14.5. The highest BCUT2D eigenvalue weighted by Crippen LogP contribution is 2.50. The van der Waals surface area contributed by atoms with Gasteiger partial charge in [0.15, 0.2) is 28.2 Å². The molecule has 0 spiro atoms. The average molecular weight is 707 g/mol. The third-order valence-electron chi connectivity index (χ3n) is 8.61. The molecule has 6 atom stereocenters. The number of amides is 1. The Morgan fingerprint density at radius 1 is 1.26 bits per heavy atom. The number of ketones is 1. The van der Waals surface area contributed by atoms with Crippen LogP contribution < -0.4 is 5.82 Å². The van der Waals surface area contributed by atoms with Crippen molar-refractivity contribution in [3.05, 3.63) is 68.1 Å². The van der Waals surface area contributed by atoms with Crippen molar-refractivity contribution in [2.24, 2.45) is 0 Å². The number of hydrogen-bond donors (Lipinski definition) is 1. The highest BCUT2D eigenvalue weighted by atomic mass is 32.2. The summed E-state index contributed by atoms with van der Waals surface area (Å²) in [4.78, 5) is 56.9. The van der Waals surface area contributed by atoms with E-state index in [0.717, 1.165) is 12.8 Å². The molecule has 4 bridgehead atoms. The van der Waals surface area contributed by atoms with Crippen LogP contribution in [0.15, 0.2) is 48.9 Å².